The Hall–Kier alpha value is -0.0800. The topological polar surface area (TPSA) is 23.5 Å². The Morgan fingerprint density at radius 2 is 1.92 bits per heavy atom. The molecule has 0 aromatic carbocycles. The molecule has 2 heteroatoms. The smallest absolute Gasteiger partial charge is 0.0695 e. The molecular weight excluding hydrogens is 162 g/mol. The Bertz CT molecular complexity index is 147. The van der Waals surface area contributed by atoms with Crippen LogP contribution in [0.5, 0.6) is 0 Å². The summed E-state index contributed by atoms with van der Waals surface area (Å²) >= 11 is 0. The van der Waals surface area contributed by atoms with Gasteiger partial charge in [-0.3, -0.25) is 4.90 Å². The van der Waals surface area contributed by atoms with Crippen LogP contribution in [0.4, 0.5) is 0 Å². The van der Waals surface area contributed by atoms with Crippen LogP contribution < -0.4 is 0 Å². The van der Waals surface area contributed by atoms with E-state index in [4.69, 9.17) is 0 Å². The summed E-state index contributed by atoms with van der Waals surface area (Å²) in [4.78, 5) is 2.42. The summed E-state index contributed by atoms with van der Waals surface area (Å²) in [7, 11) is 0. The average Bonchev–Trinajstić information content (AvgIpc) is 2.09. The SMILES string of the molecule is CCN(C(C)C)[C@H]1CCCC[C@@H]1O. The molecule has 13 heavy (non-hydrogen) atoms. The lowest BCUT2D eigenvalue weighted by Crippen LogP contribution is -2.48. The van der Waals surface area contributed by atoms with Gasteiger partial charge >= 0.3 is 0 Å². The third kappa shape index (κ3) is 2.68. The van der Waals surface area contributed by atoms with Crippen LogP contribution in [0.25, 0.3) is 0 Å². The zero-order valence-corrected chi connectivity index (χ0v) is 9.16. The van der Waals surface area contributed by atoms with E-state index in [-0.39, 0.29) is 6.10 Å². The lowest BCUT2D eigenvalue weighted by atomic mass is 9.90. The van der Waals surface area contributed by atoms with Gasteiger partial charge in [0, 0.05) is 12.1 Å². The second-order valence-corrected chi connectivity index (χ2v) is 4.34. The van der Waals surface area contributed by atoms with E-state index >= 15 is 0 Å². The van der Waals surface area contributed by atoms with Crippen molar-refractivity contribution in [1.29, 1.82) is 0 Å². The van der Waals surface area contributed by atoms with Gasteiger partial charge in [0.25, 0.3) is 0 Å². The molecule has 0 aromatic heterocycles. The fourth-order valence-corrected chi connectivity index (χ4v) is 2.46. The van der Waals surface area contributed by atoms with Crippen LogP contribution in [0.1, 0.15) is 46.5 Å². The Kier molecular flexibility index (Phi) is 4.20. The molecule has 2 atom stereocenters. The van der Waals surface area contributed by atoms with Crippen molar-refractivity contribution in [3.05, 3.63) is 0 Å². The first-order valence-electron chi connectivity index (χ1n) is 5.60. The summed E-state index contributed by atoms with van der Waals surface area (Å²) < 4.78 is 0. The summed E-state index contributed by atoms with van der Waals surface area (Å²) in [5, 5.41) is 9.88. The van der Waals surface area contributed by atoms with Gasteiger partial charge < -0.3 is 5.11 Å². The maximum absolute atomic E-state index is 9.88. The quantitative estimate of drug-likeness (QED) is 0.727. The van der Waals surface area contributed by atoms with Gasteiger partial charge in [0.05, 0.1) is 6.10 Å². The highest BCUT2D eigenvalue weighted by Gasteiger charge is 2.28. The van der Waals surface area contributed by atoms with Crippen molar-refractivity contribution in [2.45, 2.75) is 64.6 Å². The molecule has 2 nitrogen and oxygen atoms in total. The molecule has 0 spiro atoms. The number of aliphatic hydroxyl groups is 1. The molecule has 0 unspecified atom stereocenters. The first-order chi connectivity index (χ1) is 6.16. The highest BCUT2D eigenvalue weighted by molar-refractivity contribution is 4.84. The van der Waals surface area contributed by atoms with Crippen molar-refractivity contribution in [2.75, 3.05) is 6.54 Å². The minimum Gasteiger partial charge on any atom is -0.391 e. The molecule has 1 saturated carbocycles. The molecule has 0 aliphatic heterocycles. The third-order valence-electron chi connectivity index (χ3n) is 3.15. The fraction of sp³-hybridized carbons (Fsp3) is 1.00. The largest absolute Gasteiger partial charge is 0.391 e. The van der Waals surface area contributed by atoms with E-state index in [1.54, 1.807) is 0 Å². The van der Waals surface area contributed by atoms with Gasteiger partial charge in [-0.2, -0.15) is 0 Å². The summed E-state index contributed by atoms with van der Waals surface area (Å²) in [6.07, 6.45) is 4.57. The Morgan fingerprint density at radius 1 is 1.31 bits per heavy atom. The highest BCUT2D eigenvalue weighted by atomic mass is 16.3. The molecule has 0 saturated heterocycles. The van der Waals surface area contributed by atoms with Gasteiger partial charge in [-0.15, -0.1) is 0 Å². The van der Waals surface area contributed by atoms with Crippen LogP contribution in [-0.2, 0) is 0 Å². The molecule has 0 amide bonds. The number of aliphatic hydroxyl groups excluding tert-OH is 1. The van der Waals surface area contributed by atoms with Crippen molar-refractivity contribution in [3.63, 3.8) is 0 Å². The fourth-order valence-electron chi connectivity index (χ4n) is 2.46. The standard InChI is InChI=1S/C11H23NO/c1-4-12(9(2)3)10-7-5-6-8-11(10)13/h9-11,13H,4-8H2,1-3H3/t10-,11-/m0/s1. The van der Waals surface area contributed by atoms with Crippen molar-refractivity contribution < 1.29 is 5.11 Å². The normalized spacial score (nSPS) is 30.0. The van der Waals surface area contributed by atoms with Crippen LogP contribution in [-0.4, -0.2) is 34.7 Å². The van der Waals surface area contributed by atoms with Crippen LogP contribution in [0, 0.1) is 0 Å². The predicted octanol–water partition coefficient (Wildman–Crippen LogP) is 2.02. The summed E-state index contributed by atoms with van der Waals surface area (Å²) in [5.41, 5.74) is 0. The second kappa shape index (κ2) is 4.97. The molecule has 1 aliphatic rings. The van der Waals surface area contributed by atoms with Crippen LogP contribution in [0.2, 0.25) is 0 Å². The van der Waals surface area contributed by atoms with E-state index in [9.17, 15) is 5.11 Å². The van der Waals surface area contributed by atoms with Crippen molar-refractivity contribution >= 4 is 0 Å². The maximum atomic E-state index is 9.88. The first-order valence-corrected chi connectivity index (χ1v) is 5.60. The number of rotatable bonds is 3. The minimum absolute atomic E-state index is 0.0869. The molecule has 1 fully saturated rings. The molecule has 0 aromatic rings. The Labute approximate surface area is 81.9 Å². The lowest BCUT2D eigenvalue weighted by Gasteiger charge is -2.39. The average molecular weight is 185 g/mol. The Balaban J connectivity index is 2.55. The molecule has 1 N–H and O–H groups in total. The van der Waals surface area contributed by atoms with Crippen LogP contribution in [0.3, 0.4) is 0 Å². The molecule has 0 radical (unpaired) electrons. The number of hydrogen-bond acceptors (Lipinski definition) is 2. The maximum Gasteiger partial charge on any atom is 0.0695 e. The van der Waals surface area contributed by atoms with E-state index in [1.807, 2.05) is 0 Å². The monoisotopic (exact) mass is 185 g/mol. The molecule has 0 heterocycles. The number of nitrogens with zero attached hydrogens (tertiary/aromatic N) is 1. The van der Waals surface area contributed by atoms with Crippen LogP contribution >= 0.6 is 0 Å². The van der Waals surface area contributed by atoms with Crippen molar-refractivity contribution in [2.24, 2.45) is 0 Å². The molecule has 1 aliphatic carbocycles. The van der Waals surface area contributed by atoms with E-state index in [0.717, 1.165) is 13.0 Å². The van der Waals surface area contributed by atoms with Crippen molar-refractivity contribution in [1.82, 2.24) is 4.90 Å². The van der Waals surface area contributed by atoms with Crippen molar-refractivity contribution in [3.8, 4) is 0 Å². The second-order valence-electron chi connectivity index (χ2n) is 4.34. The highest BCUT2D eigenvalue weighted by Crippen LogP contribution is 2.24. The molecular formula is C11H23NO. The van der Waals surface area contributed by atoms with Gasteiger partial charge in [0.1, 0.15) is 0 Å². The first kappa shape index (κ1) is 11.0. The summed E-state index contributed by atoms with van der Waals surface area (Å²) in [6.45, 7) is 7.66. The lowest BCUT2D eigenvalue weighted by molar-refractivity contribution is 0.00776. The van der Waals surface area contributed by atoms with Gasteiger partial charge in [-0.05, 0) is 33.2 Å². The molecule has 78 valence electrons. The molecule has 0 bridgehead atoms. The van der Waals surface area contributed by atoms with Gasteiger partial charge in [-0.25, -0.2) is 0 Å². The predicted molar refractivity (Wildman–Crippen MR) is 55.8 cm³/mol. The van der Waals surface area contributed by atoms with Gasteiger partial charge in [0.15, 0.2) is 0 Å². The van der Waals surface area contributed by atoms with Gasteiger partial charge in [-0.1, -0.05) is 19.8 Å². The van der Waals surface area contributed by atoms with Crippen LogP contribution in [0.15, 0.2) is 0 Å². The molecule has 1 rings (SSSR count). The van der Waals surface area contributed by atoms with Gasteiger partial charge in [0.2, 0.25) is 0 Å². The Morgan fingerprint density at radius 3 is 2.38 bits per heavy atom. The summed E-state index contributed by atoms with van der Waals surface area (Å²) in [5.74, 6) is 0. The van der Waals surface area contributed by atoms with E-state index in [1.165, 1.54) is 19.3 Å². The minimum atomic E-state index is -0.0869. The number of hydrogen-bond donors (Lipinski definition) is 1. The van der Waals surface area contributed by atoms with E-state index in [2.05, 4.69) is 25.7 Å². The summed E-state index contributed by atoms with van der Waals surface area (Å²) in [6, 6.07) is 0.974. The third-order valence-corrected chi connectivity index (χ3v) is 3.15. The van der Waals surface area contributed by atoms with E-state index < -0.39 is 0 Å². The number of likely N-dealkylation sites (N-methyl/N-ethyl adjacent to an activating group) is 1. The zero-order chi connectivity index (χ0) is 9.84. The van der Waals surface area contributed by atoms with E-state index in [0.29, 0.717) is 12.1 Å². The zero-order valence-electron chi connectivity index (χ0n) is 9.16.